The SMILES string of the molecule is COCCNCc1ccc(C(C)(C)C)cc1. The Kier molecular flexibility index (Phi) is 4.97. The third-order valence-corrected chi connectivity index (χ3v) is 2.63. The molecule has 0 saturated carbocycles. The minimum Gasteiger partial charge on any atom is -0.383 e. The number of methoxy groups -OCH3 is 1. The molecule has 90 valence electrons. The van der Waals surface area contributed by atoms with Crippen molar-refractivity contribution in [3.8, 4) is 0 Å². The zero-order chi connectivity index (χ0) is 12.0. The topological polar surface area (TPSA) is 21.3 Å². The summed E-state index contributed by atoms with van der Waals surface area (Å²) >= 11 is 0. The van der Waals surface area contributed by atoms with Gasteiger partial charge in [-0.05, 0) is 16.5 Å². The highest BCUT2D eigenvalue weighted by Gasteiger charge is 2.12. The zero-order valence-corrected chi connectivity index (χ0v) is 10.8. The van der Waals surface area contributed by atoms with E-state index >= 15 is 0 Å². The first-order valence-corrected chi connectivity index (χ1v) is 5.83. The van der Waals surface area contributed by atoms with Crippen molar-refractivity contribution in [2.75, 3.05) is 20.3 Å². The smallest absolute Gasteiger partial charge is 0.0587 e. The van der Waals surface area contributed by atoms with Gasteiger partial charge in [0.25, 0.3) is 0 Å². The van der Waals surface area contributed by atoms with Crippen LogP contribution in [0.25, 0.3) is 0 Å². The van der Waals surface area contributed by atoms with Crippen LogP contribution in [0.15, 0.2) is 24.3 Å². The van der Waals surface area contributed by atoms with Gasteiger partial charge in [0.1, 0.15) is 0 Å². The van der Waals surface area contributed by atoms with Crippen LogP contribution in [0.2, 0.25) is 0 Å². The van der Waals surface area contributed by atoms with Gasteiger partial charge in [0, 0.05) is 20.2 Å². The van der Waals surface area contributed by atoms with Gasteiger partial charge in [0.2, 0.25) is 0 Å². The molecule has 16 heavy (non-hydrogen) atoms. The van der Waals surface area contributed by atoms with Crippen molar-refractivity contribution in [3.63, 3.8) is 0 Å². The molecule has 0 unspecified atom stereocenters. The molecule has 0 atom stereocenters. The highest BCUT2D eigenvalue weighted by molar-refractivity contribution is 5.27. The first-order valence-electron chi connectivity index (χ1n) is 5.83. The minimum absolute atomic E-state index is 0.238. The zero-order valence-electron chi connectivity index (χ0n) is 10.8. The third-order valence-electron chi connectivity index (χ3n) is 2.63. The molecule has 0 aliphatic rings. The lowest BCUT2D eigenvalue weighted by atomic mass is 9.87. The van der Waals surface area contributed by atoms with E-state index in [4.69, 9.17) is 4.74 Å². The summed E-state index contributed by atoms with van der Waals surface area (Å²) in [5.41, 5.74) is 2.94. The Morgan fingerprint density at radius 2 is 1.75 bits per heavy atom. The number of hydrogen-bond donors (Lipinski definition) is 1. The van der Waals surface area contributed by atoms with Crippen molar-refractivity contribution >= 4 is 0 Å². The van der Waals surface area contributed by atoms with Gasteiger partial charge in [-0.2, -0.15) is 0 Å². The van der Waals surface area contributed by atoms with Crippen molar-refractivity contribution in [1.82, 2.24) is 5.32 Å². The second-order valence-corrected chi connectivity index (χ2v) is 5.12. The molecule has 0 aliphatic heterocycles. The fourth-order valence-corrected chi connectivity index (χ4v) is 1.53. The van der Waals surface area contributed by atoms with E-state index in [2.05, 4.69) is 50.4 Å². The van der Waals surface area contributed by atoms with Crippen LogP contribution in [0, 0.1) is 0 Å². The van der Waals surface area contributed by atoms with Crippen molar-refractivity contribution in [2.45, 2.75) is 32.7 Å². The van der Waals surface area contributed by atoms with Gasteiger partial charge in [-0.15, -0.1) is 0 Å². The molecule has 0 spiro atoms. The van der Waals surface area contributed by atoms with Gasteiger partial charge >= 0.3 is 0 Å². The van der Waals surface area contributed by atoms with Crippen molar-refractivity contribution in [1.29, 1.82) is 0 Å². The Hall–Kier alpha value is -0.860. The summed E-state index contributed by atoms with van der Waals surface area (Å²) in [6.45, 7) is 9.28. The molecule has 0 bridgehead atoms. The van der Waals surface area contributed by atoms with Crippen LogP contribution < -0.4 is 5.32 Å². The second kappa shape index (κ2) is 6.02. The van der Waals surface area contributed by atoms with Crippen LogP contribution in [0.3, 0.4) is 0 Å². The predicted molar refractivity (Wildman–Crippen MR) is 68.7 cm³/mol. The molecular formula is C14H23NO. The summed E-state index contributed by atoms with van der Waals surface area (Å²) in [6.07, 6.45) is 0. The predicted octanol–water partition coefficient (Wildman–Crippen LogP) is 2.72. The Morgan fingerprint density at radius 1 is 1.12 bits per heavy atom. The molecular weight excluding hydrogens is 198 g/mol. The van der Waals surface area contributed by atoms with Crippen LogP contribution in [-0.4, -0.2) is 20.3 Å². The summed E-state index contributed by atoms with van der Waals surface area (Å²) in [4.78, 5) is 0. The standard InChI is InChI=1S/C14H23NO/c1-14(2,3)13-7-5-12(6-8-13)11-15-9-10-16-4/h5-8,15H,9-11H2,1-4H3. The van der Waals surface area contributed by atoms with Crippen LogP contribution in [0.5, 0.6) is 0 Å². The Labute approximate surface area is 99.0 Å². The van der Waals surface area contributed by atoms with E-state index in [0.29, 0.717) is 0 Å². The molecule has 1 aromatic rings. The van der Waals surface area contributed by atoms with Gasteiger partial charge < -0.3 is 10.1 Å². The molecule has 1 N–H and O–H groups in total. The monoisotopic (exact) mass is 221 g/mol. The third kappa shape index (κ3) is 4.33. The van der Waals surface area contributed by atoms with Gasteiger partial charge in [-0.25, -0.2) is 0 Å². The summed E-state index contributed by atoms with van der Waals surface area (Å²) in [5, 5.41) is 3.34. The van der Waals surface area contributed by atoms with E-state index in [1.165, 1.54) is 11.1 Å². The molecule has 0 aliphatic carbocycles. The molecule has 1 aromatic carbocycles. The van der Waals surface area contributed by atoms with Crippen LogP contribution in [0.4, 0.5) is 0 Å². The largest absolute Gasteiger partial charge is 0.383 e. The van der Waals surface area contributed by atoms with Gasteiger partial charge in [0.05, 0.1) is 6.61 Å². The Balaban J connectivity index is 2.46. The normalized spacial score (nSPS) is 11.8. The fourth-order valence-electron chi connectivity index (χ4n) is 1.53. The Bertz CT molecular complexity index is 298. The molecule has 0 aromatic heterocycles. The first kappa shape index (κ1) is 13.2. The number of rotatable bonds is 5. The van der Waals surface area contributed by atoms with Crippen molar-refractivity contribution < 1.29 is 4.74 Å². The van der Waals surface area contributed by atoms with E-state index in [1.54, 1.807) is 7.11 Å². The molecule has 0 heterocycles. The second-order valence-electron chi connectivity index (χ2n) is 5.12. The maximum Gasteiger partial charge on any atom is 0.0587 e. The van der Waals surface area contributed by atoms with Crippen LogP contribution in [-0.2, 0) is 16.7 Å². The van der Waals surface area contributed by atoms with E-state index in [-0.39, 0.29) is 5.41 Å². The lowest BCUT2D eigenvalue weighted by molar-refractivity contribution is 0.199. The summed E-state index contributed by atoms with van der Waals surface area (Å²) in [5.74, 6) is 0. The summed E-state index contributed by atoms with van der Waals surface area (Å²) in [7, 11) is 1.72. The van der Waals surface area contributed by atoms with Gasteiger partial charge in [-0.3, -0.25) is 0 Å². The van der Waals surface area contributed by atoms with E-state index in [9.17, 15) is 0 Å². The van der Waals surface area contributed by atoms with E-state index in [1.807, 2.05) is 0 Å². The average Bonchev–Trinajstić information content (AvgIpc) is 2.24. The first-order chi connectivity index (χ1) is 7.54. The highest BCUT2D eigenvalue weighted by atomic mass is 16.5. The van der Waals surface area contributed by atoms with Crippen LogP contribution >= 0.6 is 0 Å². The van der Waals surface area contributed by atoms with Gasteiger partial charge in [-0.1, -0.05) is 45.0 Å². The lowest BCUT2D eigenvalue weighted by Gasteiger charge is -2.19. The summed E-state index contributed by atoms with van der Waals surface area (Å²) < 4.78 is 4.98. The molecule has 2 heteroatoms. The fraction of sp³-hybridized carbons (Fsp3) is 0.571. The molecule has 0 saturated heterocycles. The minimum atomic E-state index is 0.238. The van der Waals surface area contributed by atoms with Crippen molar-refractivity contribution in [2.24, 2.45) is 0 Å². The number of nitrogens with one attached hydrogen (secondary N) is 1. The van der Waals surface area contributed by atoms with Crippen molar-refractivity contribution in [3.05, 3.63) is 35.4 Å². The molecule has 2 nitrogen and oxygen atoms in total. The Morgan fingerprint density at radius 3 is 2.25 bits per heavy atom. The lowest BCUT2D eigenvalue weighted by Crippen LogP contribution is -2.18. The number of benzene rings is 1. The van der Waals surface area contributed by atoms with Crippen LogP contribution in [0.1, 0.15) is 31.9 Å². The maximum atomic E-state index is 4.98. The summed E-state index contributed by atoms with van der Waals surface area (Å²) in [6, 6.07) is 8.82. The molecule has 0 radical (unpaired) electrons. The number of hydrogen-bond acceptors (Lipinski definition) is 2. The molecule has 1 rings (SSSR count). The number of ether oxygens (including phenoxy) is 1. The van der Waals surface area contributed by atoms with E-state index < -0.39 is 0 Å². The maximum absolute atomic E-state index is 4.98. The quantitative estimate of drug-likeness (QED) is 0.772. The molecule has 0 fully saturated rings. The highest BCUT2D eigenvalue weighted by Crippen LogP contribution is 2.21. The molecule has 0 amide bonds. The van der Waals surface area contributed by atoms with Gasteiger partial charge in [0.15, 0.2) is 0 Å². The average molecular weight is 221 g/mol. The van der Waals surface area contributed by atoms with E-state index in [0.717, 1.165) is 19.7 Å².